The molecule has 1 rings (SSSR count). The third-order valence-corrected chi connectivity index (χ3v) is 2.61. The van der Waals surface area contributed by atoms with E-state index in [1.165, 1.54) is 11.8 Å². The molecule has 1 aromatic rings. The Morgan fingerprint density at radius 1 is 1.71 bits per heavy atom. The zero-order chi connectivity index (χ0) is 10.4. The molecule has 80 valence electrons. The smallest absolute Gasteiger partial charge is 0.255 e. The molecule has 0 radical (unpaired) electrons. The number of aliphatic hydroxyl groups is 1. The predicted molar refractivity (Wildman–Crippen MR) is 56.5 cm³/mol. The van der Waals surface area contributed by atoms with Gasteiger partial charge in [0.05, 0.1) is 11.8 Å². The fourth-order valence-electron chi connectivity index (χ4n) is 0.936. The molecular weight excluding hydrogens is 200 g/mol. The highest BCUT2D eigenvalue weighted by Crippen LogP contribution is 2.17. The number of nitrogens with one attached hydrogen (secondary N) is 1. The maximum absolute atomic E-state index is 9.50. The Hall–Kier alpha value is -0.520. The van der Waals surface area contributed by atoms with Crippen molar-refractivity contribution in [3.8, 4) is 0 Å². The monoisotopic (exact) mass is 216 g/mol. The number of thioether (sulfide) groups is 1. The van der Waals surface area contributed by atoms with Gasteiger partial charge < -0.3 is 14.8 Å². The summed E-state index contributed by atoms with van der Waals surface area (Å²) in [7, 11) is 0. The molecule has 0 aromatic carbocycles. The van der Waals surface area contributed by atoms with Crippen molar-refractivity contribution < 1.29 is 9.52 Å². The van der Waals surface area contributed by atoms with Crippen molar-refractivity contribution in [3.63, 3.8) is 0 Å². The summed E-state index contributed by atoms with van der Waals surface area (Å²) < 4.78 is 5.14. The van der Waals surface area contributed by atoms with Crippen LogP contribution in [0.1, 0.15) is 12.6 Å². The molecule has 0 aliphatic heterocycles. The van der Waals surface area contributed by atoms with Crippen molar-refractivity contribution >= 4 is 11.8 Å². The lowest BCUT2D eigenvalue weighted by Gasteiger charge is -2.08. The second-order valence-electron chi connectivity index (χ2n) is 3.03. The van der Waals surface area contributed by atoms with Gasteiger partial charge >= 0.3 is 0 Å². The first-order valence-corrected chi connectivity index (χ1v) is 5.64. The van der Waals surface area contributed by atoms with Crippen LogP contribution in [0.25, 0.3) is 0 Å². The molecule has 0 saturated carbocycles. The van der Waals surface area contributed by atoms with Gasteiger partial charge in [0.25, 0.3) is 5.22 Å². The standard InChI is InChI=1S/C9H16N2O2S/c1-3-10-4-8(12)6-14-9-11-7(2)5-13-9/h5,8,10,12H,3-4,6H2,1-2H3. The minimum atomic E-state index is -0.354. The lowest BCUT2D eigenvalue weighted by Crippen LogP contribution is -2.28. The molecule has 1 heterocycles. The van der Waals surface area contributed by atoms with Gasteiger partial charge in [0, 0.05) is 12.3 Å². The van der Waals surface area contributed by atoms with Crippen LogP contribution in [0.3, 0.4) is 0 Å². The fourth-order valence-corrected chi connectivity index (χ4v) is 1.71. The number of oxazole rings is 1. The third kappa shape index (κ3) is 4.13. The van der Waals surface area contributed by atoms with E-state index in [9.17, 15) is 5.11 Å². The van der Waals surface area contributed by atoms with Gasteiger partial charge in [-0.25, -0.2) is 4.98 Å². The fraction of sp³-hybridized carbons (Fsp3) is 0.667. The summed E-state index contributed by atoms with van der Waals surface area (Å²) >= 11 is 1.43. The zero-order valence-corrected chi connectivity index (χ0v) is 9.30. The van der Waals surface area contributed by atoms with Crippen molar-refractivity contribution in [3.05, 3.63) is 12.0 Å². The van der Waals surface area contributed by atoms with Crippen molar-refractivity contribution in [2.45, 2.75) is 25.2 Å². The van der Waals surface area contributed by atoms with Crippen molar-refractivity contribution in [1.82, 2.24) is 10.3 Å². The van der Waals surface area contributed by atoms with Crippen LogP contribution in [0.15, 0.2) is 15.9 Å². The third-order valence-electron chi connectivity index (χ3n) is 1.63. The summed E-state index contributed by atoms with van der Waals surface area (Å²) in [6.45, 7) is 5.38. The molecule has 0 fully saturated rings. The maximum atomic E-state index is 9.50. The average molecular weight is 216 g/mol. The van der Waals surface area contributed by atoms with Gasteiger partial charge in [0.2, 0.25) is 0 Å². The van der Waals surface area contributed by atoms with E-state index in [0.29, 0.717) is 17.5 Å². The minimum absolute atomic E-state index is 0.354. The lowest BCUT2D eigenvalue weighted by atomic mass is 10.4. The molecule has 1 unspecified atom stereocenters. The highest BCUT2D eigenvalue weighted by molar-refractivity contribution is 7.99. The number of hydrogen-bond acceptors (Lipinski definition) is 5. The van der Waals surface area contributed by atoms with E-state index < -0.39 is 0 Å². The van der Waals surface area contributed by atoms with Crippen LogP contribution in [0, 0.1) is 6.92 Å². The SMILES string of the molecule is CCNCC(O)CSc1nc(C)co1. The summed E-state index contributed by atoms with van der Waals surface area (Å²) in [5, 5.41) is 13.2. The van der Waals surface area contributed by atoms with Crippen molar-refractivity contribution in [1.29, 1.82) is 0 Å². The Bertz CT molecular complexity index is 265. The molecule has 0 spiro atoms. The Labute approximate surface area is 88.1 Å². The molecule has 0 aliphatic carbocycles. The van der Waals surface area contributed by atoms with E-state index >= 15 is 0 Å². The first-order chi connectivity index (χ1) is 6.72. The first-order valence-electron chi connectivity index (χ1n) is 4.66. The van der Waals surface area contributed by atoms with E-state index in [0.717, 1.165) is 12.2 Å². The molecule has 0 aliphatic rings. The van der Waals surface area contributed by atoms with Crippen LogP contribution in [0.5, 0.6) is 0 Å². The predicted octanol–water partition coefficient (Wildman–Crippen LogP) is 1.05. The summed E-state index contributed by atoms with van der Waals surface area (Å²) in [5.74, 6) is 0.604. The summed E-state index contributed by atoms with van der Waals surface area (Å²) in [6, 6.07) is 0. The Balaban J connectivity index is 2.20. The van der Waals surface area contributed by atoms with Gasteiger partial charge in [0.15, 0.2) is 0 Å². The van der Waals surface area contributed by atoms with E-state index in [1.807, 2.05) is 13.8 Å². The number of aryl methyl sites for hydroxylation is 1. The molecular formula is C9H16N2O2S. The first kappa shape index (κ1) is 11.6. The van der Waals surface area contributed by atoms with Gasteiger partial charge in [-0.05, 0) is 13.5 Å². The van der Waals surface area contributed by atoms with Crippen LogP contribution in [-0.2, 0) is 0 Å². The second kappa shape index (κ2) is 6.06. The number of aromatic nitrogens is 1. The quantitative estimate of drug-likeness (QED) is 0.696. The second-order valence-corrected chi connectivity index (χ2v) is 4.00. The van der Waals surface area contributed by atoms with Crippen LogP contribution in [0.2, 0.25) is 0 Å². The van der Waals surface area contributed by atoms with E-state index in [2.05, 4.69) is 10.3 Å². The minimum Gasteiger partial charge on any atom is -0.440 e. The molecule has 0 amide bonds. The van der Waals surface area contributed by atoms with Gasteiger partial charge in [-0.3, -0.25) is 0 Å². The van der Waals surface area contributed by atoms with E-state index in [4.69, 9.17) is 4.42 Å². The van der Waals surface area contributed by atoms with Gasteiger partial charge in [0.1, 0.15) is 6.26 Å². The van der Waals surface area contributed by atoms with E-state index in [1.54, 1.807) is 6.26 Å². The molecule has 0 bridgehead atoms. The summed E-state index contributed by atoms with van der Waals surface area (Å²) in [4.78, 5) is 4.13. The largest absolute Gasteiger partial charge is 0.440 e. The topological polar surface area (TPSA) is 58.3 Å². The number of nitrogens with zero attached hydrogens (tertiary/aromatic N) is 1. The summed E-state index contributed by atoms with van der Waals surface area (Å²) in [6.07, 6.45) is 1.26. The molecule has 5 heteroatoms. The van der Waals surface area contributed by atoms with Gasteiger partial charge in [-0.2, -0.15) is 0 Å². The lowest BCUT2D eigenvalue weighted by molar-refractivity contribution is 0.196. The number of rotatable bonds is 6. The van der Waals surface area contributed by atoms with Crippen LogP contribution >= 0.6 is 11.8 Å². The molecule has 4 nitrogen and oxygen atoms in total. The number of aliphatic hydroxyl groups excluding tert-OH is 1. The molecule has 1 aromatic heterocycles. The van der Waals surface area contributed by atoms with Crippen LogP contribution in [-0.4, -0.2) is 35.0 Å². The Morgan fingerprint density at radius 3 is 3.07 bits per heavy atom. The van der Waals surface area contributed by atoms with Crippen LogP contribution < -0.4 is 5.32 Å². The van der Waals surface area contributed by atoms with Gasteiger partial charge in [-0.15, -0.1) is 0 Å². The average Bonchev–Trinajstić information content (AvgIpc) is 2.58. The summed E-state index contributed by atoms with van der Waals surface area (Å²) in [5.41, 5.74) is 0.869. The zero-order valence-electron chi connectivity index (χ0n) is 8.49. The normalized spacial score (nSPS) is 13.1. The van der Waals surface area contributed by atoms with Crippen molar-refractivity contribution in [2.75, 3.05) is 18.8 Å². The van der Waals surface area contributed by atoms with Crippen molar-refractivity contribution in [2.24, 2.45) is 0 Å². The molecule has 2 N–H and O–H groups in total. The Morgan fingerprint density at radius 2 is 2.50 bits per heavy atom. The van der Waals surface area contributed by atoms with Crippen LogP contribution in [0.4, 0.5) is 0 Å². The van der Waals surface area contributed by atoms with E-state index in [-0.39, 0.29) is 6.10 Å². The molecule has 14 heavy (non-hydrogen) atoms. The highest BCUT2D eigenvalue weighted by atomic mass is 32.2. The Kier molecular flexibility index (Phi) is 5.00. The van der Waals surface area contributed by atoms with Gasteiger partial charge in [-0.1, -0.05) is 18.7 Å². The maximum Gasteiger partial charge on any atom is 0.255 e. The molecule has 0 saturated heterocycles. The number of likely N-dealkylation sites (N-methyl/N-ethyl adjacent to an activating group) is 1. The highest BCUT2D eigenvalue weighted by Gasteiger charge is 2.07. The number of hydrogen-bond donors (Lipinski definition) is 2. The molecule has 1 atom stereocenters.